The Labute approximate surface area is 88.7 Å². The van der Waals surface area contributed by atoms with Crippen molar-refractivity contribution >= 4 is 11.9 Å². The van der Waals surface area contributed by atoms with Crippen LogP contribution >= 0.6 is 0 Å². The van der Waals surface area contributed by atoms with Crippen LogP contribution in [0.5, 0.6) is 0 Å². The third kappa shape index (κ3) is 3.87. The lowest BCUT2D eigenvalue weighted by Gasteiger charge is -2.33. The van der Waals surface area contributed by atoms with E-state index < -0.39 is 0 Å². The Bertz CT molecular complexity index is 250. The standard InChI is InChI=1S/C10H16O5/c1-6-10(15-8(3)12)4-9(5-13-6)14-7(2)11/h6,9-10H,4-5H2,1-3H3. The molecule has 15 heavy (non-hydrogen) atoms. The van der Waals surface area contributed by atoms with Gasteiger partial charge in [0, 0.05) is 20.3 Å². The van der Waals surface area contributed by atoms with Crippen LogP contribution < -0.4 is 0 Å². The summed E-state index contributed by atoms with van der Waals surface area (Å²) in [6.07, 6.45) is -0.301. The molecular formula is C10H16O5. The van der Waals surface area contributed by atoms with E-state index in [4.69, 9.17) is 14.2 Å². The minimum atomic E-state index is -0.348. The van der Waals surface area contributed by atoms with Gasteiger partial charge in [-0.1, -0.05) is 0 Å². The van der Waals surface area contributed by atoms with Gasteiger partial charge < -0.3 is 14.2 Å². The van der Waals surface area contributed by atoms with Gasteiger partial charge in [-0.25, -0.2) is 0 Å². The molecule has 3 atom stereocenters. The Morgan fingerprint density at radius 1 is 1.20 bits per heavy atom. The van der Waals surface area contributed by atoms with Crippen LogP contribution in [0.3, 0.4) is 0 Å². The maximum Gasteiger partial charge on any atom is 0.302 e. The van der Waals surface area contributed by atoms with Crippen molar-refractivity contribution in [3.05, 3.63) is 0 Å². The summed E-state index contributed by atoms with van der Waals surface area (Å²) in [6, 6.07) is 0. The quantitative estimate of drug-likeness (QED) is 0.634. The second kappa shape index (κ2) is 5.11. The first-order chi connectivity index (χ1) is 6.99. The molecule has 0 aliphatic carbocycles. The lowest BCUT2D eigenvalue weighted by atomic mass is 10.0. The molecule has 0 aromatic carbocycles. The second-order valence-electron chi connectivity index (χ2n) is 3.65. The largest absolute Gasteiger partial charge is 0.460 e. The topological polar surface area (TPSA) is 61.8 Å². The summed E-state index contributed by atoms with van der Waals surface area (Å²) >= 11 is 0. The Kier molecular flexibility index (Phi) is 4.08. The highest BCUT2D eigenvalue weighted by Crippen LogP contribution is 2.19. The zero-order valence-corrected chi connectivity index (χ0v) is 9.19. The summed E-state index contributed by atoms with van der Waals surface area (Å²) in [4.78, 5) is 21.5. The summed E-state index contributed by atoms with van der Waals surface area (Å²) < 4.78 is 15.4. The van der Waals surface area contributed by atoms with E-state index in [0.717, 1.165) is 0 Å². The Balaban J connectivity index is 2.47. The van der Waals surface area contributed by atoms with Gasteiger partial charge >= 0.3 is 11.9 Å². The average Bonchev–Trinajstić information content (AvgIpc) is 2.09. The highest BCUT2D eigenvalue weighted by Gasteiger charge is 2.32. The first kappa shape index (κ1) is 12.0. The van der Waals surface area contributed by atoms with Crippen molar-refractivity contribution in [3.63, 3.8) is 0 Å². The highest BCUT2D eigenvalue weighted by molar-refractivity contribution is 5.66. The lowest BCUT2D eigenvalue weighted by Crippen LogP contribution is -2.43. The predicted molar refractivity (Wildman–Crippen MR) is 51.1 cm³/mol. The van der Waals surface area contributed by atoms with Crippen LogP contribution in [0.4, 0.5) is 0 Å². The molecule has 0 saturated carbocycles. The van der Waals surface area contributed by atoms with Crippen LogP contribution in [-0.2, 0) is 23.8 Å². The van der Waals surface area contributed by atoms with Crippen molar-refractivity contribution in [1.29, 1.82) is 0 Å². The molecule has 0 bridgehead atoms. The minimum absolute atomic E-state index is 0.152. The van der Waals surface area contributed by atoms with Gasteiger partial charge in [0.25, 0.3) is 0 Å². The maximum absolute atomic E-state index is 10.8. The molecule has 86 valence electrons. The number of hydrogen-bond acceptors (Lipinski definition) is 5. The van der Waals surface area contributed by atoms with Crippen LogP contribution in [0.15, 0.2) is 0 Å². The third-order valence-corrected chi connectivity index (χ3v) is 2.21. The molecule has 1 aliphatic rings. The Morgan fingerprint density at radius 2 is 1.80 bits per heavy atom. The van der Waals surface area contributed by atoms with Crippen molar-refractivity contribution in [1.82, 2.24) is 0 Å². The molecule has 1 heterocycles. The summed E-state index contributed by atoms with van der Waals surface area (Å²) in [7, 11) is 0. The van der Waals surface area contributed by atoms with Gasteiger partial charge in [-0.15, -0.1) is 0 Å². The van der Waals surface area contributed by atoms with E-state index in [1.807, 2.05) is 6.92 Å². The minimum Gasteiger partial charge on any atom is -0.460 e. The van der Waals surface area contributed by atoms with Gasteiger partial charge in [0.2, 0.25) is 0 Å². The average molecular weight is 216 g/mol. The van der Waals surface area contributed by atoms with E-state index in [1.165, 1.54) is 13.8 Å². The molecule has 0 spiro atoms. The molecule has 5 heteroatoms. The molecule has 1 fully saturated rings. The maximum atomic E-state index is 10.8. The molecule has 0 N–H and O–H groups in total. The molecule has 0 aromatic heterocycles. The van der Waals surface area contributed by atoms with E-state index in [9.17, 15) is 9.59 Å². The summed E-state index contributed by atoms with van der Waals surface area (Å²) in [5.41, 5.74) is 0. The number of esters is 2. The molecule has 1 rings (SSSR count). The number of ether oxygens (including phenoxy) is 3. The van der Waals surface area contributed by atoms with Crippen LogP contribution in [-0.4, -0.2) is 36.9 Å². The zero-order valence-electron chi connectivity index (χ0n) is 9.19. The van der Waals surface area contributed by atoms with Crippen LogP contribution in [0, 0.1) is 0 Å². The monoisotopic (exact) mass is 216 g/mol. The predicted octanol–water partition coefficient (Wildman–Crippen LogP) is 0.659. The second-order valence-corrected chi connectivity index (χ2v) is 3.65. The third-order valence-electron chi connectivity index (χ3n) is 2.21. The Hall–Kier alpha value is -1.10. The van der Waals surface area contributed by atoms with E-state index in [-0.39, 0.29) is 30.3 Å². The van der Waals surface area contributed by atoms with E-state index in [2.05, 4.69) is 0 Å². The van der Waals surface area contributed by atoms with Gasteiger partial charge in [-0.3, -0.25) is 9.59 Å². The molecule has 0 radical (unpaired) electrons. The van der Waals surface area contributed by atoms with E-state index in [0.29, 0.717) is 13.0 Å². The smallest absolute Gasteiger partial charge is 0.302 e. The fourth-order valence-corrected chi connectivity index (χ4v) is 1.56. The fraction of sp³-hybridized carbons (Fsp3) is 0.800. The molecule has 0 aromatic rings. The van der Waals surface area contributed by atoms with Crippen LogP contribution in [0.1, 0.15) is 27.2 Å². The molecule has 5 nitrogen and oxygen atoms in total. The van der Waals surface area contributed by atoms with Gasteiger partial charge in [0.15, 0.2) is 0 Å². The molecular weight excluding hydrogens is 200 g/mol. The van der Waals surface area contributed by atoms with Crippen LogP contribution in [0.25, 0.3) is 0 Å². The van der Waals surface area contributed by atoms with Crippen molar-refractivity contribution < 1.29 is 23.8 Å². The molecule has 3 unspecified atom stereocenters. The van der Waals surface area contributed by atoms with Gasteiger partial charge in [-0.2, -0.15) is 0 Å². The number of rotatable bonds is 2. The highest BCUT2D eigenvalue weighted by atomic mass is 16.6. The first-order valence-electron chi connectivity index (χ1n) is 4.95. The normalized spacial score (nSPS) is 30.7. The number of carbonyl (C=O) groups excluding carboxylic acids is 2. The number of carbonyl (C=O) groups is 2. The summed E-state index contributed by atoms with van der Waals surface area (Å²) in [6.45, 7) is 4.89. The Morgan fingerprint density at radius 3 is 2.33 bits per heavy atom. The SMILES string of the molecule is CC(=O)OC1COC(C)C(OC(C)=O)C1. The summed E-state index contributed by atoms with van der Waals surface area (Å²) in [5.74, 6) is -0.696. The van der Waals surface area contributed by atoms with Gasteiger partial charge in [-0.05, 0) is 6.92 Å². The van der Waals surface area contributed by atoms with E-state index >= 15 is 0 Å². The van der Waals surface area contributed by atoms with Crippen molar-refractivity contribution in [2.75, 3.05) is 6.61 Å². The van der Waals surface area contributed by atoms with Crippen molar-refractivity contribution in [2.24, 2.45) is 0 Å². The number of hydrogen-bond donors (Lipinski definition) is 0. The summed E-state index contributed by atoms with van der Waals surface area (Å²) in [5, 5.41) is 0. The zero-order chi connectivity index (χ0) is 11.4. The van der Waals surface area contributed by atoms with Crippen LogP contribution in [0.2, 0.25) is 0 Å². The molecule has 1 aliphatic heterocycles. The van der Waals surface area contributed by atoms with Crippen molar-refractivity contribution in [2.45, 2.75) is 45.5 Å². The van der Waals surface area contributed by atoms with Crippen molar-refractivity contribution in [3.8, 4) is 0 Å². The first-order valence-corrected chi connectivity index (χ1v) is 4.95. The van der Waals surface area contributed by atoms with Gasteiger partial charge in [0.05, 0.1) is 12.7 Å². The van der Waals surface area contributed by atoms with Gasteiger partial charge in [0.1, 0.15) is 12.2 Å². The molecule has 0 amide bonds. The lowest BCUT2D eigenvalue weighted by molar-refractivity contribution is -0.179. The fourth-order valence-electron chi connectivity index (χ4n) is 1.56. The van der Waals surface area contributed by atoms with E-state index in [1.54, 1.807) is 0 Å². The molecule has 1 saturated heterocycles.